The molecular formula is C19H13ClFN3O. The van der Waals surface area contributed by atoms with Gasteiger partial charge in [0.25, 0.3) is 0 Å². The average Bonchev–Trinajstić information content (AvgIpc) is 2.98. The van der Waals surface area contributed by atoms with E-state index in [-0.39, 0.29) is 5.75 Å². The molecule has 0 saturated carbocycles. The number of halogens is 2. The van der Waals surface area contributed by atoms with E-state index in [9.17, 15) is 9.50 Å². The Labute approximate surface area is 148 Å². The van der Waals surface area contributed by atoms with Crippen molar-refractivity contribution in [2.45, 2.75) is 6.92 Å². The molecule has 3 heterocycles. The number of aryl methyl sites for hydroxylation is 1. The van der Waals surface area contributed by atoms with E-state index in [1.807, 2.05) is 13.0 Å². The monoisotopic (exact) mass is 353 g/mol. The van der Waals surface area contributed by atoms with Crippen LogP contribution in [0.2, 0.25) is 5.02 Å². The number of aromatic hydroxyl groups is 1. The molecule has 0 atom stereocenters. The summed E-state index contributed by atoms with van der Waals surface area (Å²) < 4.78 is 14.6. The lowest BCUT2D eigenvalue weighted by Crippen LogP contribution is -1.89. The number of nitrogens with zero attached hydrogens (tertiary/aromatic N) is 2. The van der Waals surface area contributed by atoms with E-state index in [1.54, 1.807) is 24.5 Å². The Kier molecular flexibility index (Phi) is 3.66. The smallest absolute Gasteiger partial charge is 0.143 e. The highest BCUT2D eigenvalue weighted by molar-refractivity contribution is 6.31. The van der Waals surface area contributed by atoms with Gasteiger partial charge in [0.2, 0.25) is 0 Å². The van der Waals surface area contributed by atoms with E-state index < -0.39 is 5.82 Å². The Morgan fingerprint density at radius 3 is 2.76 bits per heavy atom. The molecule has 4 aromatic rings. The summed E-state index contributed by atoms with van der Waals surface area (Å²) in [5, 5.41) is 10.7. The summed E-state index contributed by atoms with van der Waals surface area (Å²) in [4.78, 5) is 11.6. The molecule has 0 unspecified atom stereocenters. The van der Waals surface area contributed by atoms with Crippen molar-refractivity contribution in [1.82, 2.24) is 15.0 Å². The Balaban J connectivity index is 2.15. The normalized spacial score (nSPS) is 11.2. The summed E-state index contributed by atoms with van der Waals surface area (Å²) in [5.74, 6) is -0.418. The molecule has 0 aliphatic carbocycles. The molecule has 6 heteroatoms. The van der Waals surface area contributed by atoms with E-state index in [4.69, 9.17) is 11.6 Å². The molecule has 4 rings (SSSR count). The first kappa shape index (κ1) is 15.6. The first-order valence-corrected chi connectivity index (χ1v) is 8.00. The minimum absolute atomic E-state index is 0.00426. The molecule has 25 heavy (non-hydrogen) atoms. The summed E-state index contributed by atoms with van der Waals surface area (Å²) >= 11 is 6.09. The summed E-state index contributed by atoms with van der Waals surface area (Å²) in [7, 11) is 0. The van der Waals surface area contributed by atoms with Crippen molar-refractivity contribution in [2.24, 2.45) is 0 Å². The van der Waals surface area contributed by atoms with Crippen LogP contribution < -0.4 is 0 Å². The summed E-state index contributed by atoms with van der Waals surface area (Å²) in [5.41, 5.74) is 4.33. The van der Waals surface area contributed by atoms with Gasteiger partial charge >= 0.3 is 0 Å². The molecule has 3 aromatic heterocycles. The zero-order chi connectivity index (χ0) is 17.6. The van der Waals surface area contributed by atoms with Gasteiger partial charge in [0.15, 0.2) is 0 Å². The van der Waals surface area contributed by atoms with E-state index in [1.165, 1.54) is 18.3 Å². The predicted molar refractivity (Wildman–Crippen MR) is 96.1 cm³/mol. The maximum Gasteiger partial charge on any atom is 0.143 e. The van der Waals surface area contributed by atoms with Gasteiger partial charge in [-0.3, -0.25) is 9.97 Å². The van der Waals surface area contributed by atoms with Crippen molar-refractivity contribution in [2.75, 3.05) is 0 Å². The molecule has 0 spiro atoms. The molecule has 0 amide bonds. The zero-order valence-corrected chi connectivity index (χ0v) is 14.0. The summed E-state index contributed by atoms with van der Waals surface area (Å²) in [6, 6.07) is 7.92. The standard InChI is InChI=1S/C19H13ClFN3O/c1-10-4-7-23-19-16(13-8-11(20)2-3-14(13)21)18(24-17(10)19)12-5-6-22-9-15(12)25/h2-9,24-25H,1H3. The van der Waals surface area contributed by atoms with Crippen molar-refractivity contribution in [1.29, 1.82) is 0 Å². The predicted octanol–water partition coefficient (Wildman–Crippen LogP) is 5.10. The van der Waals surface area contributed by atoms with Crippen LogP contribution in [0.25, 0.3) is 33.4 Å². The third kappa shape index (κ3) is 2.53. The molecule has 0 fully saturated rings. The van der Waals surface area contributed by atoms with Crippen LogP contribution in [0.4, 0.5) is 4.39 Å². The van der Waals surface area contributed by atoms with Crippen molar-refractivity contribution in [3.8, 4) is 28.1 Å². The van der Waals surface area contributed by atoms with E-state index in [0.717, 1.165) is 11.1 Å². The van der Waals surface area contributed by atoms with Crippen molar-refractivity contribution < 1.29 is 9.50 Å². The number of hydrogen-bond acceptors (Lipinski definition) is 3. The quantitative estimate of drug-likeness (QED) is 0.527. The lowest BCUT2D eigenvalue weighted by atomic mass is 10.00. The fourth-order valence-electron chi connectivity index (χ4n) is 2.96. The molecular weight excluding hydrogens is 341 g/mol. The molecule has 4 nitrogen and oxygen atoms in total. The number of rotatable bonds is 2. The minimum Gasteiger partial charge on any atom is -0.506 e. The Morgan fingerprint density at radius 1 is 1.12 bits per heavy atom. The highest BCUT2D eigenvalue weighted by atomic mass is 35.5. The van der Waals surface area contributed by atoms with Gasteiger partial charge in [-0.1, -0.05) is 11.6 Å². The Hall–Kier alpha value is -2.92. The molecule has 0 radical (unpaired) electrons. The van der Waals surface area contributed by atoms with Gasteiger partial charge in [0.1, 0.15) is 11.6 Å². The lowest BCUT2D eigenvalue weighted by Gasteiger charge is -2.08. The summed E-state index contributed by atoms with van der Waals surface area (Å²) in [6.45, 7) is 1.94. The second-order valence-corrected chi connectivity index (χ2v) is 6.18. The van der Waals surface area contributed by atoms with Crippen LogP contribution in [-0.2, 0) is 0 Å². The first-order valence-electron chi connectivity index (χ1n) is 7.62. The molecule has 124 valence electrons. The zero-order valence-electron chi connectivity index (χ0n) is 13.2. The fourth-order valence-corrected chi connectivity index (χ4v) is 3.13. The average molecular weight is 354 g/mol. The van der Waals surface area contributed by atoms with E-state index in [2.05, 4.69) is 15.0 Å². The van der Waals surface area contributed by atoms with Crippen LogP contribution in [0.1, 0.15) is 5.56 Å². The number of H-pyrrole nitrogens is 1. The van der Waals surface area contributed by atoms with Crippen LogP contribution in [-0.4, -0.2) is 20.1 Å². The van der Waals surface area contributed by atoms with Crippen LogP contribution in [0, 0.1) is 12.7 Å². The second kappa shape index (κ2) is 5.86. The van der Waals surface area contributed by atoms with Gasteiger partial charge in [0, 0.05) is 34.1 Å². The number of benzene rings is 1. The largest absolute Gasteiger partial charge is 0.506 e. The van der Waals surface area contributed by atoms with Gasteiger partial charge in [-0.25, -0.2) is 4.39 Å². The van der Waals surface area contributed by atoms with Gasteiger partial charge in [-0.2, -0.15) is 0 Å². The number of nitrogens with one attached hydrogen (secondary N) is 1. The number of hydrogen-bond donors (Lipinski definition) is 2. The highest BCUT2D eigenvalue weighted by Crippen LogP contribution is 2.42. The van der Waals surface area contributed by atoms with Crippen LogP contribution in [0.5, 0.6) is 5.75 Å². The van der Waals surface area contributed by atoms with E-state index >= 15 is 0 Å². The van der Waals surface area contributed by atoms with Gasteiger partial charge in [0.05, 0.1) is 22.9 Å². The van der Waals surface area contributed by atoms with Crippen molar-refractivity contribution in [3.05, 3.63) is 65.3 Å². The third-order valence-electron chi connectivity index (χ3n) is 4.16. The lowest BCUT2D eigenvalue weighted by molar-refractivity contribution is 0.474. The SMILES string of the molecule is Cc1ccnc2c(-c3cc(Cl)ccc3F)c(-c3ccncc3O)[nH]c12. The van der Waals surface area contributed by atoms with Crippen LogP contribution in [0.3, 0.4) is 0 Å². The fraction of sp³-hybridized carbons (Fsp3) is 0.0526. The van der Waals surface area contributed by atoms with Gasteiger partial charge in [-0.05, 0) is 42.8 Å². The number of fused-ring (bicyclic) bond motifs is 1. The second-order valence-electron chi connectivity index (χ2n) is 5.74. The Bertz CT molecular complexity index is 1110. The number of pyridine rings is 2. The minimum atomic E-state index is -0.414. The maximum atomic E-state index is 14.6. The molecule has 0 aliphatic rings. The van der Waals surface area contributed by atoms with Crippen molar-refractivity contribution >= 4 is 22.6 Å². The van der Waals surface area contributed by atoms with E-state index in [0.29, 0.717) is 32.9 Å². The highest BCUT2D eigenvalue weighted by Gasteiger charge is 2.21. The van der Waals surface area contributed by atoms with Crippen LogP contribution in [0.15, 0.2) is 48.9 Å². The molecule has 0 bridgehead atoms. The third-order valence-corrected chi connectivity index (χ3v) is 4.40. The topological polar surface area (TPSA) is 61.8 Å². The Morgan fingerprint density at radius 2 is 1.96 bits per heavy atom. The maximum absolute atomic E-state index is 14.6. The number of aromatic amines is 1. The van der Waals surface area contributed by atoms with Gasteiger partial charge in [-0.15, -0.1) is 0 Å². The van der Waals surface area contributed by atoms with Crippen molar-refractivity contribution in [3.63, 3.8) is 0 Å². The first-order chi connectivity index (χ1) is 12.1. The molecule has 0 aliphatic heterocycles. The molecule has 1 aromatic carbocycles. The summed E-state index contributed by atoms with van der Waals surface area (Å²) in [6.07, 6.45) is 4.59. The molecule has 2 N–H and O–H groups in total. The van der Waals surface area contributed by atoms with Gasteiger partial charge < -0.3 is 10.1 Å². The van der Waals surface area contributed by atoms with Crippen LogP contribution >= 0.6 is 11.6 Å². The molecule has 0 saturated heterocycles. The number of aromatic nitrogens is 3.